The van der Waals surface area contributed by atoms with Crippen LogP contribution in [0.3, 0.4) is 0 Å². The Morgan fingerprint density at radius 3 is 2.19 bits per heavy atom. The Morgan fingerprint density at radius 1 is 0.746 bits per heavy atom. The van der Waals surface area contributed by atoms with Gasteiger partial charge >= 0.3 is 126 Å². The SMILES string of the molecule is CC(C)Cc1cc(-c2[c-]cccc2)nc[c]1[Ge]([CH3])([CH3])[CH3].[Ir].[c-]1nc2oc3cc4c(cc3c2cc1-c1nc2ccccc2n1-c1ccc(-c2ccccc2)cc1)CCCC4. The van der Waals surface area contributed by atoms with E-state index in [2.05, 4.69) is 156 Å². The number of nitrogens with zero attached hydrogens (tertiary/aromatic N) is 4. The normalized spacial score (nSPS) is 12.6. The molecule has 297 valence electrons. The van der Waals surface area contributed by atoms with Crippen molar-refractivity contribution in [3.8, 4) is 39.5 Å². The van der Waals surface area contributed by atoms with E-state index in [0.717, 1.165) is 75.0 Å². The van der Waals surface area contributed by atoms with E-state index in [1.54, 1.807) is 4.40 Å². The van der Waals surface area contributed by atoms with Crippen LogP contribution in [0.5, 0.6) is 0 Å². The summed E-state index contributed by atoms with van der Waals surface area (Å²) in [5, 5.41) is 2.14. The number of furan rings is 1. The van der Waals surface area contributed by atoms with E-state index >= 15 is 0 Å². The number of aryl methyl sites for hydroxylation is 2. The first-order chi connectivity index (χ1) is 28.2. The van der Waals surface area contributed by atoms with Crippen molar-refractivity contribution in [2.24, 2.45) is 5.92 Å². The molecule has 1 aliphatic carbocycles. The fourth-order valence-electron chi connectivity index (χ4n) is 8.34. The van der Waals surface area contributed by atoms with Gasteiger partial charge in [0.25, 0.3) is 0 Å². The first-order valence-corrected chi connectivity index (χ1v) is 27.9. The Morgan fingerprint density at radius 2 is 1.46 bits per heavy atom. The first kappa shape index (κ1) is 40.6. The number of fused-ring (bicyclic) bond motifs is 5. The maximum absolute atomic E-state index is 6.17. The van der Waals surface area contributed by atoms with Crippen molar-refractivity contribution in [1.82, 2.24) is 19.5 Å². The summed E-state index contributed by atoms with van der Waals surface area (Å²) in [5.74, 6) is 8.81. The summed E-state index contributed by atoms with van der Waals surface area (Å²) in [6.07, 6.45) is 11.3. The van der Waals surface area contributed by atoms with E-state index in [0.29, 0.717) is 11.6 Å². The Kier molecular flexibility index (Phi) is 11.9. The molecule has 0 fully saturated rings. The Balaban J connectivity index is 0.000000197. The molecule has 0 N–H and O–H groups in total. The van der Waals surface area contributed by atoms with Crippen molar-refractivity contribution in [1.29, 1.82) is 0 Å². The van der Waals surface area contributed by atoms with Gasteiger partial charge in [0.2, 0.25) is 0 Å². The van der Waals surface area contributed by atoms with E-state index in [4.69, 9.17) is 14.4 Å². The van der Waals surface area contributed by atoms with Crippen LogP contribution in [0.15, 0.2) is 138 Å². The summed E-state index contributed by atoms with van der Waals surface area (Å²) in [4.78, 5) is 14.4. The zero-order chi connectivity index (χ0) is 39.8. The molecule has 5 aromatic carbocycles. The molecule has 0 atom stereocenters. The molecule has 4 aromatic heterocycles. The number of imidazole rings is 1. The van der Waals surface area contributed by atoms with Crippen LogP contribution in [-0.2, 0) is 39.4 Å². The molecule has 1 radical (unpaired) electrons. The van der Waals surface area contributed by atoms with E-state index in [-0.39, 0.29) is 20.1 Å². The summed E-state index contributed by atoms with van der Waals surface area (Å²) in [7, 11) is 0. The van der Waals surface area contributed by atoms with Crippen LogP contribution in [-0.4, -0.2) is 32.8 Å². The maximum atomic E-state index is 6.17. The molecule has 0 amide bonds. The second kappa shape index (κ2) is 17.2. The molecule has 4 heterocycles. The predicted octanol–water partition coefficient (Wildman–Crippen LogP) is 12.6. The standard InChI is InChI=1S/C34H24N3O.C18H24GeN.Ir/c1-2-8-22(9-3-1)23-14-16-27(17-15-23)37-31-13-7-6-12-30(31)36-33(37)26-19-29-28-18-24-10-4-5-11-25(24)20-32(28)38-34(29)35-21-26;1-14(2)11-16-12-18(15-9-7-6-8-10-15)20-13-17(16)19(3,4)5;/h1-3,6-9,12-20H,4-5,10-11H2;6-9,12-14H,11H2,1-5H3;/q2*-1;. The number of hydrogen-bond acceptors (Lipinski definition) is 4. The van der Waals surface area contributed by atoms with Crippen LogP contribution in [0.4, 0.5) is 0 Å². The molecule has 59 heavy (non-hydrogen) atoms. The fourth-order valence-corrected chi connectivity index (χ4v) is 11.7. The summed E-state index contributed by atoms with van der Waals surface area (Å²) in [6, 6.07) is 47.7. The van der Waals surface area contributed by atoms with Crippen molar-refractivity contribution >= 4 is 50.8 Å². The van der Waals surface area contributed by atoms with Crippen molar-refractivity contribution in [2.45, 2.75) is 63.2 Å². The average molecular weight is 1010 g/mol. The summed E-state index contributed by atoms with van der Waals surface area (Å²) >= 11 is -1.86. The van der Waals surface area contributed by atoms with Gasteiger partial charge in [-0.1, -0.05) is 60.2 Å². The molecule has 5 nitrogen and oxygen atoms in total. The first-order valence-electron chi connectivity index (χ1n) is 20.6. The topological polar surface area (TPSA) is 56.7 Å². The molecule has 10 rings (SSSR count). The number of pyridine rings is 2. The van der Waals surface area contributed by atoms with Crippen molar-refractivity contribution < 1.29 is 24.5 Å². The van der Waals surface area contributed by atoms with Gasteiger partial charge in [-0.25, -0.2) is 0 Å². The molecule has 1 aliphatic rings. The number of rotatable bonds is 7. The van der Waals surface area contributed by atoms with Crippen LogP contribution in [0, 0.1) is 18.2 Å². The molecule has 7 heteroatoms. The van der Waals surface area contributed by atoms with Crippen molar-refractivity contribution in [3.63, 3.8) is 0 Å². The Bertz CT molecular complexity index is 2870. The Labute approximate surface area is 363 Å². The maximum Gasteiger partial charge on any atom is 0.141 e. The number of benzene rings is 5. The molecular formula is C52H48GeIrN4O-2. The fraction of sp³-hybridized carbons (Fsp3) is 0.212. The van der Waals surface area contributed by atoms with Gasteiger partial charge in [0.15, 0.2) is 0 Å². The second-order valence-corrected chi connectivity index (χ2v) is 27.5. The molecule has 0 bridgehead atoms. The van der Waals surface area contributed by atoms with Gasteiger partial charge in [0, 0.05) is 31.2 Å². The number of aromatic nitrogens is 4. The molecule has 0 saturated carbocycles. The molecule has 0 saturated heterocycles. The molecule has 0 aliphatic heterocycles. The average Bonchev–Trinajstić information content (AvgIpc) is 3.81. The van der Waals surface area contributed by atoms with Crippen molar-refractivity contribution in [3.05, 3.63) is 163 Å². The monoisotopic (exact) mass is 1010 g/mol. The van der Waals surface area contributed by atoms with Crippen LogP contribution < -0.4 is 4.40 Å². The van der Waals surface area contributed by atoms with Gasteiger partial charge < -0.3 is 14.0 Å². The summed E-state index contributed by atoms with van der Waals surface area (Å²) in [6.45, 7) is 4.57. The van der Waals surface area contributed by atoms with Crippen LogP contribution in [0.25, 0.3) is 72.6 Å². The van der Waals surface area contributed by atoms with Gasteiger partial charge in [0.05, 0.1) is 16.9 Å². The Hall–Kier alpha value is -5.14. The van der Waals surface area contributed by atoms with Crippen LogP contribution in [0.1, 0.15) is 43.4 Å². The van der Waals surface area contributed by atoms with Crippen molar-refractivity contribution in [2.75, 3.05) is 0 Å². The number of para-hydroxylation sites is 2. The molecule has 0 unspecified atom stereocenters. The molecule has 9 aromatic rings. The van der Waals surface area contributed by atoms with E-state index in [1.165, 1.54) is 40.7 Å². The van der Waals surface area contributed by atoms with E-state index in [9.17, 15) is 0 Å². The molecular weight excluding hydrogens is 961 g/mol. The second-order valence-electron chi connectivity index (χ2n) is 17.0. The quantitative estimate of drug-likeness (QED) is 0.118. The zero-order valence-electron chi connectivity index (χ0n) is 34.3. The predicted molar refractivity (Wildman–Crippen MR) is 243 cm³/mol. The zero-order valence-corrected chi connectivity index (χ0v) is 38.8. The minimum absolute atomic E-state index is 0. The summed E-state index contributed by atoms with van der Waals surface area (Å²) < 4.78 is 9.91. The van der Waals surface area contributed by atoms with Gasteiger partial charge in [-0.15, -0.1) is 6.07 Å². The smallest absolute Gasteiger partial charge is 0.141 e. The van der Waals surface area contributed by atoms with Gasteiger partial charge in [-0.05, 0) is 95.9 Å². The van der Waals surface area contributed by atoms with E-state index in [1.807, 2.05) is 30.3 Å². The third kappa shape index (κ3) is 8.50. The molecule has 0 spiro atoms. The largest absolute Gasteiger partial charge is 0.483 e. The number of hydrogen-bond donors (Lipinski definition) is 0. The van der Waals surface area contributed by atoms with Crippen LogP contribution in [0.2, 0.25) is 17.3 Å². The van der Waals surface area contributed by atoms with Crippen LogP contribution >= 0.6 is 0 Å². The third-order valence-electron chi connectivity index (χ3n) is 11.2. The third-order valence-corrected chi connectivity index (χ3v) is 15.5. The van der Waals surface area contributed by atoms with Gasteiger partial charge in [-0.3, -0.25) is 4.98 Å². The summed E-state index contributed by atoms with van der Waals surface area (Å²) in [5.41, 5.74) is 14.3. The minimum atomic E-state index is -1.86. The van der Waals surface area contributed by atoms with Gasteiger partial charge in [0.1, 0.15) is 11.3 Å². The van der Waals surface area contributed by atoms with E-state index < -0.39 is 13.3 Å². The van der Waals surface area contributed by atoms with Gasteiger partial charge in [-0.2, -0.15) is 0 Å². The minimum Gasteiger partial charge on any atom is -0.483 e.